The highest BCUT2D eigenvalue weighted by Gasteiger charge is 2.45. The number of rotatable bonds is 3. The van der Waals surface area contributed by atoms with Crippen molar-refractivity contribution in [3.05, 3.63) is 54.1 Å². The molecule has 1 atom stereocenters. The summed E-state index contributed by atoms with van der Waals surface area (Å²) in [5.41, 5.74) is 6.02. The molecule has 0 bridgehead atoms. The zero-order chi connectivity index (χ0) is 17.8. The van der Waals surface area contributed by atoms with Crippen LogP contribution in [-0.2, 0) is 5.54 Å². The van der Waals surface area contributed by atoms with Crippen molar-refractivity contribution >= 4 is 16.6 Å². The Hall–Kier alpha value is -2.26. The van der Waals surface area contributed by atoms with Crippen LogP contribution >= 0.6 is 0 Å². The van der Waals surface area contributed by atoms with Crippen LogP contribution < -0.4 is 5.32 Å². The molecule has 3 nitrogen and oxygen atoms in total. The Bertz CT molecular complexity index is 967. The van der Waals surface area contributed by atoms with E-state index in [1.165, 1.54) is 46.3 Å². The van der Waals surface area contributed by atoms with Crippen molar-refractivity contribution in [2.75, 3.05) is 11.9 Å². The minimum absolute atomic E-state index is 0.0314. The fourth-order valence-corrected chi connectivity index (χ4v) is 5.49. The summed E-state index contributed by atoms with van der Waals surface area (Å²) in [6.45, 7) is 2.60. The number of nitrogens with one attached hydrogen (secondary N) is 2. The maximum atomic E-state index is 10.2. The van der Waals surface area contributed by atoms with Crippen LogP contribution in [0.1, 0.15) is 44.6 Å². The molecule has 3 heteroatoms. The summed E-state index contributed by atoms with van der Waals surface area (Å²) < 4.78 is 0. The molecule has 1 aromatic heterocycles. The van der Waals surface area contributed by atoms with Gasteiger partial charge in [0.15, 0.2) is 0 Å². The average Bonchev–Trinajstić information content (AvgIpc) is 3.27. The Labute approximate surface area is 154 Å². The van der Waals surface area contributed by atoms with Crippen molar-refractivity contribution in [2.45, 2.75) is 44.6 Å². The molecule has 0 radical (unpaired) electrons. The third kappa shape index (κ3) is 2.23. The van der Waals surface area contributed by atoms with Gasteiger partial charge in [-0.15, -0.1) is 0 Å². The highest BCUT2D eigenvalue weighted by Crippen LogP contribution is 2.53. The first-order valence-corrected chi connectivity index (χ1v) is 9.74. The van der Waals surface area contributed by atoms with Gasteiger partial charge in [0.05, 0.1) is 11.2 Å². The lowest BCUT2D eigenvalue weighted by Crippen LogP contribution is -2.41. The lowest BCUT2D eigenvalue weighted by molar-refractivity contribution is 0.0998. The number of aliphatic hydroxyl groups is 1. The van der Waals surface area contributed by atoms with Gasteiger partial charge in [0, 0.05) is 34.3 Å². The maximum absolute atomic E-state index is 10.2. The number of para-hydroxylation sites is 2. The number of aliphatic hydroxyl groups excluding tert-OH is 1. The van der Waals surface area contributed by atoms with Gasteiger partial charge in [-0.2, -0.15) is 0 Å². The number of fused-ring (bicyclic) bond motifs is 5. The van der Waals surface area contributed by atoms with E-state index in [2.05, 4.69) is 65.8 Å². The summed E-state index contributed by atoms with van der Waals surface area (Å²) in [6.07, 6.45) is 5.67. The van der Waals surface area contributed by atoms with Crippen LogP contribution in [0.25, 0.3) is 22.2 Å². The number of hydrogen-bond acceptors (Lipinski definition) is 2. The number of benzene rings is 2. The van der Waals surface area contributed by atoms with Gasteiger partial charge in [0.25, 0.3) is 0 Å². The second kappa shape index (κ2) is 5.62. The molecule has 2 aromatic carbocycles. The quantitative estimate of drug-likeness (QED) is 0.593. The van der Waals surface area contributed by atoms with Crippen molar-refractivity contribution in [1.82, 2.24) is 4.98 Å². The standard InChI is InChI=1S/C23H26N2O/c1-22(14-23(15-26)12-6-7-13-23)20-16-8-2-4-10-18(16)24-21(20)17-9-3-5-11-19(17)25-22/h2-5,8-11,24-26H,6-7,12-15H2,1H3. The van der Waals surface area contributed by atoms with Crippen LogP contribution in [0.3, 0.4) is 0 Å². The van der Waals surface area contributed by atoms with Gasteiger partial charge >= 0.3 is 0 Å². The summed E-state index contributed by atoms with van der Waals surface area (Å²) >= 11 is 0. The van der Waals surface area contributed by atoms with Gasteiger partial charge in [-0.25, -0.2) is 0 Å². The largest absolute Gasteiger partial charge is 0.396 e. The molecule has 1 aliphatic heterocycles. The van der Waals surface area contributed by atoms with E-state index < -0.39 is 0 Å². The minimum atomic E-state index is -0.198. The molecule has 1 saturated carbocycles. The predicted molar refractivity (Wildman–Crippen MR) is 107 cm³/mol. The molecule has 3 aromatic rings. The first-order chi connectivity index (χ1) is 12.6. The predicted octanol–water partition coefficient (Wildman–Crippen LogP) is 5.42. The molecule has 1 fully saturated rings. The summed E-state index contributed by atoms with van der Waals surface area (Å²) in [7, 11) is 0. The Morgan fingerprint density at radius 1 is 1.00 bits per heavy atom. The van der Waals surface area contributed by atoms with E-state index in [4.69, 9.17) is 0 Å². The monoisotopic (exact) mass is 346 g/mol. The first kappa shape index (κ1) is 16.0. The molecule has 0 spiro atoms. The molecule has 3 N–H and O–H groups in total. The smallest absolute Gasteiger partial charge is 0.0630 e. The number of anilines is 1. The highest BCUT2D eigenvalue weighted by atomic mass is 16.3. The zero-order valence-electron chi connectivity index (χ0n) is 15.3. The minimum Gasteiger partial charge on any atom is -0.396 e. The Kier molecular flexibility index (Phi) is 3.45. The second-order valence-corrected chi connectivity index (χ2v) is 8.47. The molecule has 0 saturated heterocycles. The fourth-order valence-electron chi connectivity index (χ4n) is 5.49. The van der Waals surface area contributed by atoms with E-state index in [0.717, 1.165) is 19.3 Å². The van der Waals surface area contributed by atoms with Crippen molar-refractivity contribution in [3.63, 3.8) is 0 Å². The van der Waals surface area contributed by atoms with Gasteiger partial charge in [-0.3, -0.25) is 0 Å². The van der Waals surface area contributed by atoms with Crippen LogP contribution in [0.4, 0.5) is 5.69 Å². The van der Waals surface area contributed by atoms with E-state index in [1.807, 2.05) is 0 Å². The Balaban J connectivity index is 1.73. The molecular formula is C23H26N2O. The maximum Gasteiger partial charge on any atom is 0.0630 e. The van der Waals surface area contributed by atoms with Gasteiger partial charge in [-0.1, -0.05) is 49.2 Å². The summed E-state index contributed by atoms with van der Waals surface area (Å²) in [5, 5.41) is 15.4. The average molecular weight is 346 g/mol. The SMILES string of the molecule is CC1(CC2(CO)CCCC2)Nc2ccccc2-c2[nH]c3ccccc3c21. The highest BCUT2D eigenvalue weighted by molar-refractivity contribution is 5.97. The van der Waals surface area contributed by atoms with Crippen LogP contribution in [-0.4, -0.2) is 16.7 Å². The van der Waals surface area contributed by atoms with Gasteiger partial charge < -0.3 is 15.4 Å². The van der Waals surface area contributed by atoms with Gasteiger partial charge in [-0.05, 0) is 43.7 Å². The zero-order valence-corrected chi connectivity index (χ0v) is 15.3. The number of aromatic nitrogens is 1. The molecule has 0 amide bonds. The molecule has 2 heterocycles. The van der Waals surface area contributed by atoms with Crippen LogP contribution in [0.5, 0.6) is 0 Å². The number of aromatic amines is 1. The van der Waals surface area contributed by atoms with Gasteiger partial charge in [0.2, 0.25) is 0 Å². The lowest BCUT2D eigenvalue weighted by atomic mass is 9.70. The molecule has 5 rings (SSSR count). The van der Waals surface area contributed by atoms with Crippen molar-refractivity contribution in [1.29, 1.82) is 0 Å². The van der Waals surface area contributed by atoms with E-state index in [0.29, 0.717) is 0 Å². The molecule has 26 heavy (non-hydrogen) atoms. The number of hydrogen-bond donors (Lipinski definition) is 3. The van der Waals surface area contributed by atoms with E-state index in [9.17, 15) is 5.11 Å². The van der Waals surface area contributed by atoms with Crippen molar-refractivity contribution < 1.29 is 5.11 Å². The third-order valence-electron chi connectivity index (χ3n) is 6.59. The topological polar surface area (TPSA) is 48.0 Å². The summed E-state index contributed by atoms with van der Waals surface area (Å²) in [6, 6.07) is 17.1. The molecule has 134 valence electrons. The second-order valence-electron chi connectivity index (χ2n) is 8.47. The first-order valence-electron chi connectivity index (χ1n) is 9.74. The molecular weight excluding hydrogens is 320 g/mol. The van der Waals surface area contributed by atoms with Crippen LogP contribution in [0.2, 0.25) is 0 Å². The van der Waals surface area contributed by atoms with Crippen molar-refractivity contribution in [3.8, 4) is 11.3 Å². The van der Waals surface area contributed by atoms with E-state index in [1.54, 1.807) is 0 Å². The Morgan fingerprint density at radius 2 is 1.73 bits per heavy atom. The van der Waals surface area contributed by atoms with Crippen molar-refractivity contribution in [2.24, 2.45) is 5.41 Å². The molecule has 1 aliphatic carbocycles. The van der Waals surface area contributed by atoms with Crippen LogP contribution in [0, 0.1) is 5.41 Å². The summed E-state index contributed by atoms with van der Waals surface area (Å²) in [5.74, 6) is 0. The Morgan fingerprint density at radius 3 is 2.54 bits per heavy atom. The normalized spacial score (nSPS) is 23.5. The van der Waals surface area contributed by atoms with E-state index in [-0.39, 0.29) is 17.6 Å². The molecule has 2 aliphatic rings. The summed E-state index contributed by atoms with van der Waals surface area (Å²) in [4.78, 5) is 3.68. The third-order valence-corrected chi connectivity index (χ3v) is 6.59. The lowest BCUT2D eigenvalue weighted by Gasteiger charge is -2.43. The van der Waals surface area contributed by atoms with Crippen LogP contribution in [0.15, 0.2) is 48.5 Å². The van der Waals surface area contributed by atoms with Gasteiger partial charge in [0.1, 0.15) is 0 Å². The fraction of sp³-hybridized carbons (Fsp3) is 0.391. The number of H-pyrrole nitrogens is 1. The molecule has 1 unspecified atom stereocenters. The van der Waals surface area contributed by atoms with E-state index >= 15 is 0 Å².